The first-order valence-corrected chi connectivity index (χ1v) is 8.03. The highest BCUT2D eigenvalue weighted by molar-refractivity contribution is 5.53. The number of hydrogen-bond acceptors (Lipinski definition) is 3. The molecule has 0 aromatic heterocycles. The van der Waals surface area contributed by atoms with Crippen LogP contribution >= 0.6 is 0 Å². The smallest absolute Gasteiger partial charge is 0.382 e. The molecule has 0 amide bonds. The van der Waals surface area contributed by atoms with Crippen LogP contribution in [0.5, 0.6) is 0 Å². The van der Waals surface area contributed by atoms with Gasteiger partial charge >= 0.3 is 6.18 Å². The summed E-state index contributed by atoms with van der Waals surface area (Å²) in [4.78, 5) is 3.61. The normalized spacial score (nSPS) is 17.7. The fourth-order valence-electron chi connectivity index (χ4n) is 3.04. The van der Waals surface area contributed by atoms with Gasteiger partial charge in [0.2, 0.25) is 0 Å². The number of likely N-dealkylation sites (tertiary alicyclic amines) is 1. The van der Waals surface area contributed by atoms with Crippen molar-refractivity contribution in [1.29, 1.82) is 0 Å². The molecule has 1 aliphatic heterocycles. The van der Waals surface area contributed by atoms with E-state index in [4.69, 9.17) is 0 Å². The van der Waals surface area contributed by atoms with E-state index in [1.807, 2.05) is 14.1 Å². The van der Waals surface area contributed by atoms with E-state index in [0.29, 0.717) is 13.1 Å². The number of hydrogen-bond donors (Lipinski definition) is 1. The van der Waals surface area contributed by atoms with Crippen molar-refractivity contribution in [3.8, 4) is 0 Å². The number of aryl methyl sites for hydroxylation is 1. The lowest BCUT2D eigenvalue weighted by molar-refractivity contribution is -0.147. The summed E-state index contributed by atoms with van der Waals surface area (Å²) < 4.78 is 37.3. The van der Waals surface area contributed by atoms with Gasteiger partial charge in [0.25, 0.3) is 0 Å². The summed E-state index contributed by atoms with van der Waals surface area (Å²) >= 11 is 0. The SMILES string of the molecule is Cc1ccc(NC2CCN(CC(F)(F)F)CC2)c(CN(C)C)c1. The third kappa shape index (κ3) is 6.03. The van der Waals surface area contributed by atoms with E-state index in [2.05, 4.69) is 35.3 Å². The lowest BCUT2D eigenvalue weighted by Gasteiger charge is -2.33. The van der Waals surface area contributed by atoms with Crippen molar-refractivity contribution in [1.82, 2.24) is 9.80 Å². The molecule has 1 fully saturated rings. The zero-order valence-electron chi connectivity index (χ0n) is 14.1. The Bertz CT molecular complexity index is 506. The van der Waals surface area contributed by atoms with E-state index in [9.17, 15) is 13.2 Å². The second-order valence-electron chi connectivity index (χ2n) is 6.71. The van der Waals surface area contributed by atoms with Crippen LogP contribution in [0.1, 0.15) is 24.0 Å². The van der Waals surface area contributed by atoms with Crippen LogP contribution in [0.4, 0.5) is 18.9 Å². The molecule has 0 spiro atoms. The highest BCUT2D eigenvalue weighted by atomic mass is 19.4. The third-order valence-corrected chi connectivity index (χ3v) is 4.10. The molecule has 130 valence electrons. The lowest BCUT2D eigenvalue weighted by Crippen LogP contribution is -2.43. The predicted octanol–water partition coefficient (Wildman–Crippen LogP) is 3.50. The second kappa shape index (κ2) is 7.53. The van der Waals surface area contributed by atoms with Crippen molar-refractivity contribution >= 4 is 5.69 Å². The first-order chi connectivity index (χ1) is 10.7. The zero-order chi connectivity index (χ0) is 17.0. The van der Waals surface area contributed by atoms with Crippen molar-refractivity contribution < 1.29 is 13.2 Å². The van der Waals surface area contributed by atoms with Crippen molar-refractivity contribution in [2.75, 3.05) is 39.0 Å². The number of nitrogens with one attached hydrogen (secondary N) is 1. The first-order valence-electron chi connectivity index (χ1n) is 8.03. The van der Waals surface area contributed by atoms with Gasteiger partial charge in [-0.3, -0.25) is 4.90 Å². The summed E-state index contributed by atoms with van der Waals surface area (Å²) in [5.41, 5.74) is 3.54. The van der Waals surface area contributed by atoms with Gasteiger partial charge < -0.3 is 10.2 Å². The summed E-state index contributed by atoms with van der Waals surface area (Å²) in [6.45, 7) is 3.10. The number of rotatable bonds is 5. The predicted molar refractivity (Wildman–Crippen MR) is 87.7 cm³/mol. The molecule has 6 heteroatoms. The van der Waals surface area contributed by atoms with E-state index in [1.54, 1.807) is 0 Å². The highest BCUT2D eigenvalue weighted by Gasteiger charge is 2.32. The summed E-state index contributed by atoms with van der Waals surface area (Å²) in [6, 6.07) is 6.56. The number of anilines is 1. The highest BCUT2D eigenvalue weighted by Crippen LogP contribution is 2.24. The molecule has 0 bridgehead atoms. The Morgan fingerprint density at radius 1 is 1.22 bits per heavy atom. The molecule has 1 aromatic carbocycles. The van der Waals surface area contributed by atoms with Crippen LogP contribution in [-0.4, -0.2) is 55.7 Å². The van der Waals surface area contributed by atoms with Crippen LogP contribution < -0.4 is 5.32 Å². The maximum absolute atomic E-state index is 12.4. The monoisotopic (exact) mass is 329 g/mol. The van der Waals surface area contributed by atoms with E-state index in [-0.39, 0.29) is 6.04 Å². The summed E-state index contributed by atoms with van der Waals surface area (Å²) in [7, 11) is 4.06. The topological polar surface area (TPSA) is 18.5 Å². The zero-order valence-corrected chi connectivity index (χ0v) is 14.1. The van der Waals surface area contributed by atoms with Gasteiger partial charge in [0.05, 0.1) is 6.54 Å². The van der Waals surface area contributed by atoms with E-state index >= 15 is 0 Å². The molecular formula is C17H26F3N3. The standard InChI is InChI=1S/C17H26F3N3/c1-13-4-5-16(14(10-13)11-22(2)3)21-15-6-8-23(9-7-15)12-17(18,19)20/h4-5,10,15,21H,6-9,11-12H2,1-3H3. The molecule has 0 saturated carbocycles. The second-order valence-corrected chi connectivity index (χ2v) is 6.71. The molecule has 3 nitrogen and oxygen atoms in total. The molecule has 1 saturated heterocycles. The van der Waals surface area contributed by atoms with E-state index in [0.717, 1.165) is 25.1 Å². The van der Waals surface area contributed by atoms with Crippen molar-refractivity contribution in [2.45, 2.75) is 38.5 Å². The molecule has 0 atom stereocenters. The van der Waals surface area contributed by atoms with Gasteiger partial charge in [0, 0.05) is 31.4 Å². The number of benzene rings is 1. The average molecular weight is 329 g/mol. The fourth-order valence-corrected chi connectivity index (χ4v) is 3.04. The molecule has 0 radical (unpaired) electrons. The van der Waals surface area contributed by atoms with Crippen LogP contribution in [0, 0.1) is 6.92 Å². The maximum atomic E-state index is 12.4. The fraction of sp³-hybridized carbons (Fsp3) is 0.647. The largest absolute Gasteiger partial charge is 0.401 e. The van der Waals surface area contributed by atoms with Crippen molar-refractivity contribution in [2.24, 2.45) is 0 Å². The first kappa shape index (κ1) is 18.1. The van der Waals surface area contributed by atoms with Crippen LogP contribution in [-0.2, 0) is 6.54 Å². The molecule has 2 rings (SSSR count). The van der Waals surface area contributed by atoms with Crippen molar-refractivity contribution in [3.05, 3.63) is 29.3 Å². The van der Waals surface area contributed by atoms with Gasteiger partial charge in [-0.2, -0.15) is 13.2 Å². The number of nitrogens with zero attached hydrogens (tertiary/aromatic N) is 2. The van der Waals surface area contributed by atoms with E-state index < -0.39 is 12.7 Å². The van der Waals surface area contributed by atoms with Crippen molar-refractivity contribution in [3.63, 3.8) is 0 Å². The van der Waals surface area contributed by atoms with E-state index in [1.165, 1.54) is 16.0 Å². The van der Waals surface area contributed by atoms with Gasteiger partial charge in [-0.25, -0.2) is 0 Å². The summed E-state index contributed by atoms with van der Waals surface area (Å²) in [6.07, 6.45) is -2.62. The minimum Gasteiger partial charge on any atom is -0.382 e. The number of piperidine rings is 1. The van der Waals surface area contributed by atoms with Gasteiger partial charge in [0.1, 0.15) is 0 Å². The van der Waals surface area contributed by atoms with Crippen LogP contribution in [0.3, 0.4) is 0 Å². The molecule has 1 heterocycles. The van der Waals surface area contributed by atoms with Crippen LogP contribution in [0.15, 0.2) is 18.2 Å². The third-order valence-electron chi connectivity index (χ3n) is 4.10. The Kier molecular flexibility index (Phi) is 5.92. The quantitative estimate of drug-likeness (QED) is 0.892. The molecule has 23 heavy (non-hydrogen) atoms. The molecule has 1 N–H and O–H groups in total. The van der Waals surface area contributed by atoms with Gasteiger partial charge in [-0.15, -0.1) is 0 Å². The summed E-state index contributed by atoms with van der Waals surface area (Å²) in [5.74, 6) is 0. The Balaban J connectivity index is 1.93. The Labute approximate surface area is 136 Å². The molecule has 0 unspecified atom stereocenters. The number of halogens is 3. The minimum atomic E-state index is -4.10. The molecule has 0 aliphatic carbocycles. The summed E-state index contributed by atoms with van der Waals surface area (Å²) in [5, 5.41) is 3.53. The maximum Gasteiger partial charge on any atom is 0.401 e. The van der Waals surface area contributed by atoms with Crippen LogP contribution in [0.25, 0.3) is 0 Å². The molecule has 1 aliphatic rings. The van der Waals surface area contributed by atoms with Gasteiger partial charge in [0.15, 0.2) is 0 Å². The Morgan fingerprint density at radius 2 is 1.87 bits per heavy atom. The molecule has 1 aromatic rings. The molecular weight excluding hydrogens is 303 g/mol. The Morgan fingerprint density at radius 3 is 2.43 bits per heavy atom. The average Bonchev–Trinajstić information content (AvgIpc) is 2.41. The Hall–Kier alpha value is -1.27. The van der Waals surface area contributed by atoms with Gasteiger partial charge in [-0.05, 0) is 45.5 Å². The van der Waals surface area contributed by atoms with Crippen LogP contribution in [0.2, 0.25) is 0 Å². The van der Waals surface area contributed by atoms with Gasteiger partial charge in [-0.1, -0.05) is 17.7 Å². The number of alkyl halides is 3. The minimum absolute atomic E-state index is 0.239. The lowest BCUT2D eigenvalue weighted by atomic mass is 10.0.